The van der Waals surface area contributed by atoms with E-state index >= 15 is 0 Å². The minimum Gasteiger partial charge on any atom is -0.398 e. The average Bonchev–Trinajstić information content (AvgIpc) is 2.88. The molecule has 0 saturated heterocycles. The molecule has 0 saturated carbocycles. The molecule has 0 radical (unpaired) electrons. The summed E-state index contributed by atoms with van der Waals surface area (Å²) in [5, 5.41) is 0. The maximum absolute atomic E-state index is 11.1. The lowest BCUT2D eigenvalue weighted by Crippen LogP contribution is -2.11. The fraction of sp³-hybridized carbons (Fsp3) is 0.0667. The number of carbonyl (C=O) groups is 1. The van der Waals surface area contributed by atoms with E-state index in [1.807, 2.05) is 24.3 Å². The third kappa shape index (κ3) is 3.01. The van der Waals surface area contributed by atoms with Crippen LogP contribution >= 0.6 is 23.1 Å². The van der Waals surface area contributed by atoms with Gasteiger partial charge in [-0.3, -0.25) is 4.79 Å². The van der Waals surface area contributed by atoms with Crippen LogP contribution in [0.5, 0.6) is 0 Å². The van der Waals surface area contributed by atoms with Crippen molar-refractivity contribution < 1.29 is 4.79 Å². The molecule has 0 aliphatic rings. The highest BCUT2D eigenvalue weighted by Gasteiger charge is 2.08. The minimum atomic E-state index is -0.466. The highest BCUT2D eigenvalue weighted by atomic mass is 32.2. The maximum atomic E-state index is 11.1. The number of primary amides is 1. The van der Waals surface area contributed by atoms with Crippen LogP contribution in [-0.2, 0) is 5.75 Å². The number of thioether (sulfide) groups is 1. The Balaban J connectivity index is 1.76. The van der Waals surface area contributed by atoms with Crippen LogP contribution in [0.4, 0.5) is 5.69 Å². The lowest BCUT2D eigenvalue weighted by atomic mass is 10.1. The number of nitrogen functional groups attached to an aromatic ring is 1. The second kappa shape index (κ2) is 5.75. The Morgan fingerprint density at radius 2 is 2.05 bits per heavy atom. The van der Waals surface area contributed by atoms with Crippen molar-refractivity contribution in [1.82, 2.24) is 4.98 Å². The Morgan fingerprint density at radius 1 is 1.24 bits per heavy atom. The monoisotopic (exact) mass is 315 g/mol. The zero-order valence-electron chi connectivity index (χ0n) is 11.1. The van der Waals surface area contributed by atoms with Crippen LogP contribution in [0.1, 0.15) is 15.9 Å². The van der Waals surface area contributed by atoms with Crippen molar-refractivity contribution in [3.05, 3.63) is 53.6 Å². The average molecular weight is 315 g/mol. The van der Waals surface area contributed by atoms with Gasteiger partial charge in [0.1, 0.15) is 0 Å². The van der Waals surface area contributed by atoms with E-state index in [0.717, 1.165) is 15.4 Å². The summed E-state index contributed by atoms with van der Waals surface area (Å²) < 4.78 is 2.19. The smallest absolute Gasteiger partial charge is 0.248 e. The molecule has 1 aromatic heterocycles. The highest BCUT2D eigenvalue weighted by Crippen LogP contribution is 2.32. The molecule has 4 N–H and O–H groups in total. The molecular weight excluding hydrogens is 302 g/mol. The molecule has 0 atom stereocenters. The number of hydrogen-bond donors (Lipinski definition) is 2. The molecule has 2 aromatic carbocycles. The lowest BCUT2D eigenvalue weighted by Gasteiger charge is -2.05. The van der Waals surface area contributed by atoms with E-state index in [1.165, 1.54) is 4.70 Å². The predicted octanol–water partition coefficient (Wildman–Crippen LogP) is 3.27. The fourth-order valence-corrected chi connectivity index (χ4v) is 4.02. The van der Waals surface area contributed by atoms with Gasteiger partial charge in [0, 0.05) is 17.0 Å². The number of anilines is 1. The number of hydrogen-bond acceptors (Lipinski definition) is 5. The summed E-state index contributed by atoms with van der Waals surface area (Å²) in [5.74, 6) is 0.247. The summed E-state index contributed by atoms with van der Waals surface area (Å²) in [6.45, 7) is 0. The van der Waals surface area contributed by atoms with E-state index in [4.69, 9.17) is 11.5 Å². The molecule has 1 amide bonds. The topological polar surface area (TPSA) is 82.0 Å². The molecule has 3 rings (SSSR count). The first kappa shape index (κ1) is 13.9. The summed E-state index contributed by atoms with van der Waals surface area (Å²) in [5.41, 5.74) is 14.2. The molecule has 4 nitrogen and oxygen atoms in total. The number of benzene rings is 2. The largest absolute Gasteiger partial charge is 0.398 e. The number of carbonyl (C=O) groups excluding carboxylic acids is 1. The summed E-state index contributed by atoms with van der Waals surface area (Å²) in [7, 11) is 0. The van der Waals surface area contributed by atoms with Gasteiger partial charge in [0.15, 0.2) is 4.34 Å². The standard InChI is InChI=1S/C15H13N3OS2/c16-11-7-9(14(17)19)5-6-10(11)8-20-15-18-12-3-1-2-4-13(12)21-15/h1-7H,8,16H2,(H2,17,19). The SMILES string of the molecule is NC(=O)c1ccc(CSc2nc3ccccc3s2)c(N)c1. The molecule has 0 fully saturated rings. The predicted molar refractivity (Wildman–Crippen MR) is 88.6 cm³/mol. The van der Waals surface area contributed by atoms with E-state index < -0.39 is 5.91 Å². The number of nitrogens with zero attached hydrogens (tertiary/aromatic N) is 1. The lowest BCUT2D eigenvalue weighted by molar-refractivity contribution is 0.100. The molecule has 0 spiro atoms. The number of thiazole rings is 1. The Kier molecular flexibility index (Phi) is 3.81. The quantitative estimate of drug-likeness (QED) is 0.572. The van der Waals surface area contributed by atoms with Crippen LogP contribution in [-0.4, -0.2) is 10.9 Å². The first-order chi connectivity index (χ1) is 10.1. The Bertz CT molecular complexity index is 781. The molecule has 1 heterocycles. The van der Waals surface area contributed by atoms with Gasteiger partial charge < -0.3 is 11.5 Å². The molecule has 106 valence electrons. The number of nitrogens with two attached hydrogens (primary N) is 2. The van der Waals surface area contributed by atoms with E-state index in [0.29, 0.717) is 17.0 Å². The Morgan fingerprint density at radius 3 is 2.76 bits per heavy atom. The number of amides is 1. The number of fused-ring (bicyclic) bond motifs is 1. The van der Waals surface area contributed by atoms with Crippen LogP contribution in [0.3, 0.4) is 0 Å². The molecule has 0 bridgehead atoms. The Labute approximate surface area is 130 Å². The van der Waals surface area contributed by atoms with E-state index in [1.54, 1.807) is 35.2 Å². The molecule has 3 aromatic rings. The van der Waals surface area contributed by atoms with Crippen molar-refractivity contribution >= 4 is 44.9 Å². The molecule has 21 heavy (non-hydrogen) atoms. The van der Waals surface area contributed by atoms with Gasteiger partial charge in [-0.05, 0) is 29.8 Å². The van der Waals surface area contributed by atoms with Crippen molar-refractivity contribution in [3.63, 3.8) is 0 Å². The van der Waals surface area contributed by atoms with Crippen LogP contribution in [0.2, 0.25) is 0 Å². The second-order valence-electron chi connectivity index (χ2n) is 4.51. The second-order valence-corrected chi connectivity index (χ2v) is 6.77. The summed E-state index contributed by atoms with van der Waals surface area (Å²) in [4.78, 5) is 15.7. The maximum Gasteiger partial charge on any atom is 0.248 e. The zero-order chi connectivity index (χ0) is 14.8. The van der Waals surface area contributed by atoms with Gasteiger partial charge in [-0.2, -0.15) is 0 Å². The van der Waals surface area contributed by atoms with Crippen LogP contribution in [0.25, 0.3) is 10.2 Å². The van der Waals surface area contributed by atoms with Gasteiger partial charge in [0.2, 0.25) is 5.91 Å². The van der Waals surface area contributed by atoms with Crippen molar-refractivity contribution in [2.75, 3.05) is 5.73 Å². The van der Waals surface area contributed by atoms with Crippen molar-refractivity contribution in [2.45, 2.75) is 10.1 Å². The normalized spacial score (nSPS) is 10.9. The molecule has 0 aliphatic heterocycles. The van der Waals surface area contributed by atoms with Gasteiger partial charge in [0.25, 0.3) is 0 Å². The molecular formula is C15H13N3OS2. The first-order valence-corrected chi connectivity index (χ1v) is 8.10. The molecule has 0 unspecified atom stereocenters. The van der Waals surface area contributed by atoms with E-state index in [-0.39, 0.29) is 0 Å². The van der Waals surface area contributed by atoms with Gasteiger partial charge in [-0.1, -0.05) is 30.0 Å². The number of aromatic nitrogens is 1. The molecule has 6 heteroatoms. The fourth-order valence-electron chi connectivity index (χ4n) is 1.93. The third-order valence-electron chi connectivity index (χ3n) is 3.06. The van der Waals surface area contributed by atoms with Crippen molar-refractivity contribution in [2.24, 2.45) is 5.73 Å². The van der Waals surface area contributed by atoms with Gasteiger partial charge in [-0.15, -0.1) is 11.3 Å². The van der Waals surface area contributed by atoms with Gasteiger partial charge in [-0.25, -0.2) is 4.98 Å². The summed E-state index contributed by atoms with van der Waals surface area (Å²) >= 11 is 3.31. The van der Waals surface area contributed by atoms with Crippen molar-refractivity contribution in [3.8, 4) is 0 Å². The number of para-hydroxylation sites is 1. The summed E-state index contributed by atoms with van der Waals surface area (Å²) in [6.07, 6.45) is 0. The third-order valence-corrected chi connectivity index (χ3v) is 5.28. The first-order valence-electron chi connectivity index (χ1n) is 6.30. The Hall–Kier alpha value is -2.05. The van der Waals surface area contributed by atoms with Crippen LogP contribution in [0.15, 0.2) is 46.8 Å². The van der Waals surface area contributed by atoms with Crippen molar-refractivity contribution in [1.29, 1.82) is 0 Å². The highest BCUT2D eigenvalue weighted by molar-refractivity contribution is 8.00. The van der Waals surface area contributed by atoms with Crippen LogP contribution < -0.4 is 11.5 Å². The number of rotatable bonds is 4. The van der Waals surface area contributed by atoms with E-state index in [2.05, 4.69) is 11.1 Å². The molecule has 0 aliphatic carbocycles. The van der Waals surface area contributed by atoms with E-state index in [9.17, 15) is 4.79 Å². The summed E-state index contributed by atoms with van der Waals surface area (Å²) in [6, 6.07) is 13.2. The van der Waals surface area contributed by atoms with Crippen LogP contribution in [0, 0.1) is 0 Å². The van der Waals surface area contributed by atoms with Gasteiger partial charge in [0.05, 0.1) is 10.2 Å². The minimum absolute atomic E-state index is 0.432. The zero-order valence-corrected chi connectivity index (χ0v) is 12.7. The van der Waals surface area contributed by atoms with Gasteiger partial charge >= 0.3 is 0 Å².